The van der Waals surface area contributed by atoms with Crippen LogP contribution in [0.25, 0.3) is 0 Å². The van der Waals surface area contributed by atoms with Crippen LogP contribution >= 0.6 is 15.9 Å². The largest absolute Gasteiger partial charge is 0.404 e. The lowest BCUT2D eigenvalue weighted by atomic mass is 10.2. The molecule has 22 heavy (non-hydrogen) atoms. The number of rotatable bonds is 5. The zero-order valence-corrected chi connectivity index (χ0v) is 13.6. The molecule has 0 aliphatic rings. The maximum absolute atomic E-state index is 12.2. The Kier molecular flexibility index (Phi) is 4.86. The lowest BCUT2D eigenvalue weighted by Crippen LogP contribution is -2.31. The SMILES string of the molecule is Cc1c(Br)c([N+](=O)[O-])nn1[C@@H](C)C(=O)NCc1cccnc1. The van der Waals surface area contributed by atoms with Crippen molar-refractivity contribution in [2.24, 2.45) is 0 Å². The van der Waals surface area contributed by atoms with Crippen molar-refractivity contribution in [3.63, 3.8) is 0 Å². The summed E-state index contributed by atoms with van der Waals surface area (Å²) in [6.07, 6.45) is 3.31. The van der Waals surface area contributed by atoms with Crippen molar-refractivity contribution >= 4 is 27.7 Å². The Morgan fingerprint density at radius 2 is 2.32 bits per heavy atom. The fraction of sp³-hybridized carbons (Fsp3) is 0.308. The molecule has 0 aromatic carbocycles. The predicted octanol–water partition coefficient (Wildman–Crippen LogP) is 2.13. The fourth-order valence-corrected chi connectivity index (χ4v) is 2.33. The molecule has 0 unspecified atom stereocenters. The van der Waals surface area contributed by atoms with E-state index in [1.165, 1.54) is 4.68 Å². The molecule has 2 heterocycles. The minimum Gasteiger partial charge on any atom is -0.358 e. The summed E-state index contributed by atoms with van der Waals surface area (Å²) in [5.74, 6) is -0.582. The number of nitrogens with one attached hydrogen (secondary N) is 1. The van der Waals surface area contributed by atoms with E-state index in [1.54, 1.807) is 32.3 Å². The van der Waals surface area contributed by atoms with Gasteiger partial charge >= 0.3 is 5.82 Å². The zero-order valence-electron chi connectivity index (χ0n) is 12.0. The van der Waals surface area contributed by atoms with Gasteiger partial charge in [0.1, 0.15) is 10.5 Å². The first-order chi connectivity index (χ1) is 10.4. The first-order valence-corrected chi connectivity index (χ1v) is 7.26. The molecule has 1 atom stereocenters. The van der Waals surface area contributed by atoms with Gasteiger partial charge in [-0.05, 0) is 46.3 Å². The van der Waals surface area contributed by atoms with Gasteiger partial charge in [-0.1, -0.05) is 6.07 Å². The molecule has 1 N–H and O–H groups in total. The van der Waals surface area contributed by atoms with E-state index in [1.807, 2.05) is 6.07 Å². The lowest BCUT2D eigenvalue weighted by molar-refractivity contribution is -0.390. The molecule has 0 saturated heterocycles. The summed E-state index contributed by atoms with van der Waals surface area (Å²) in [4.78, 5) is 26.4. The monoisotopic (exact) mass is 367 g/mol. The molecule has 1 amide bonds. The van der Waals surface area contributed by atoms with Crippen LogP contribution in [-0.4, -0.2) is 25.6 Å². The fourth-order valence-electron chi connectivity index (χ4n) is 1.93. The van der Waals surface area contributed by atoms with Gasteiger partial charge in [-0.25, -0.2) is 0 Å². The summed E-state index contributed by atoms with van der Waals surface area (Å²) in [6, 6.07) is 2.96. The number of aromatic nitrogens is 3. The number of nitro groups is 1. The standard InChI is InChI=1S/C13H14BrN5O3/c1-8-11(14)12(19(21)22)17-18(8)9(2)13(20)16-7-10-4-3-5-15-6-10/h3-6,9H,7H2,1-2H3,(H,16,20)/t9-/m0/s1. The maximum Gasteiger partial charge on any atom is 0.404 e. The molecular weight excluding hydrogens is 354 g/mol. The second-order valence-electron chi connectivity index (χ2n) is 4.68. The van der Waals surface area contributed by atoms with Crippen molar-refractivity contribution in [1.29, 1.82) is 0 Å². The third kappa shape index (κ3) is 3.30. The lowest BCUT2D eigenvalue weighted by Gasteiger charge is -2.11. The summed E-state index contributed by atoms with van der Waals surface area (Å²) in [6.45, 7) is 3.63. The van der Waals surface area contributed by atoms with Gasteiger partial charge in [0.15, 0.2) is 0 Å². The smallest absolute Gasteiger partial charge is 0.358 e. The minimum atomic E-state index is -0.665. The molecule has 0 aliphatic heterocycles. The Balaban J connectivity index is 2.11. The molecule has 0 radical (unpaired) electrons. The Hall–Kier alpha value is -2.29. The number of carbonyl (C=O) groups is 1. The zero-order chi connectivity index (χ0) is 16.3. The Morgan fingerprint density at radius 1 is 1.59 bits per heavy atom. The van der Waals surface area contributed by atoms with Gasteiger partial charge in [0.25, 0.3) is 0 Å². The van der Waals surface area contributed by atoms with Crippen LogP contribution in [0.3, 0.4) is 0 Å². The Morgan fingerprint density at radius 3 is 2.86 bits per heavy atom. The summed E-state index contributed by atoms with van der Waals surface area (Å²) in [5, 5.41) is 17.5. The molecule has 0 spiro atoms. The van der Waals surface area contributed by atoms with Crippen LogP contribution in [0.1, 0.15) is 24.2 Å². The summed E-state index contributed by atoms with van der Waals surface area (Å²) < 4.78 is 1.62. The minimum absolute atomic E-state index is 0.281. The van der Waals surface area contributed by atoms with Crippen LogP contribution in [0, 0.1) is 17.0 Å². The second kappa shape index (κ2) is 6.65. The van der Waals surface area contributed by atoms with Crippen LogP contribution < -0.4 is 5.32 Å². The Labute approximate surface area is 134 Å². The summed E-state index contributed by atoms with van der Waals surface area (Å²) in [5.41, 5.74) is 1.39. The maximum atomic E-state index is 12.2. The van der Waals surface area contributed by atoms with Crippen LogP contribution in [0.4, 0.5) is 5.82 Å². The van der Waals surface area contributed by atoms with Gasteiger partial charge in [0.2, 0.25) is 5.91 Å². The van der Waals surface area contributed by atoms with Crippen molar-refractivity contribution < 1.29 is 9.72 Å². The number of pyridine rings is 1. The molecule has 2 aromatic heterocycles. The van der Waals surface area contributed by atoms with Crippen molar-refractivity contribution in [3.05, 3.63) is 50.4 Å². The third-order valence-electron chi connectivity index (χ3n) is 3.17. The van der Waals surface area contributed by atoms with Crippen LogP contribution in [0.15, 0.2) is 29.0 Å². The van der Waals surface area contributed by atoms with Crippen LogP contribution in [-0.2, 0) is 11.3 Å². The second-order valence-corrected chi connectivity index (χ2v) is 5.47. The van der Waals surface area contributed by atoms with Gasteiger partial charge in [0, 0.05) is 18.9 Å². The number of carbonyl (C=O) groups excluding carboxylic acids is 1. The first kappa shape index (κ1) is 16.1. The average molecular weight is 368 g/mol. The van der Waals surface area contributed by atoms with E-state index >= 15 is 0 Å². The number of hydrogen-bond donors (Lipinski definition) is 1. The highest BCUT2D eigenvalue weighted by Crippen LogP contribution is 2.28. The summed E-state index contributed by atoms with van der Waals surface area (Å²) in [7, 11) is 0. The van der Waals surface area contributed by atoms with Crippen molar-refractivity contribution in [2.75, 3.05) is 0 Å². The summed E-state index contributed by atoms with van der Waals surface area (Å²) >= 11 is 3.13. The van der Waals surface area contributed by atoms with E-state index in [0.717, 1.165) is 5.56 Å². The van der Waals surface area contributed by atoms with Gasteiger partial charge < -0.3 is 15.4 Å². The average Bonchev–Trinajstić information content (AvgIpc) is 2.81. The number of nitrogens with zero attached hydrogens (tertiary/aromatic N) is 4. The molecular formula is C13H14BrN5O3. The third-order valence-corrected chi connectivity index (χ3v) is 4.10. The van der Waals surface area contributed by atoms with E-state index in [2.05, 4.69) is 31.3 Å². The molecule has 8 nitrogen and oxygen atoms in total. The molecule has 116 valence electrons. The molecule has 2 aromatic rings. The highest BCUT2D eigenvalue weighted by Gasteiger charge is 2.29. The van der Waals surface area contributed by atoms with E-state index in [9.17, 15) is 14.9 Å². The molecule has 9 heteroatoms. The molecule has 0 bridgehead atoms. The number of halogens is 1. The predicted molar refractivity (Wildman–Crippen MR) is 82.1 cm³/mol. The normalized spacial score (nSPS) is 12.0. The van der Waals surface area contributed by atoms with Gasteiger partial charge in [0.05, 0.1) is 10.8 Å². The van der Waals surface area contributed by atoms with Gasteiger partial charge in [-0.3, -0.25) is 9.78 Å². The van der Waals surface area contributed by atoms with Gasteiger partial charge in [-0.15, -0.1) is 0 Å². The molecule has 0 fully saturated rings. The quantitative estimate of drug-likeness (QED) is 0.643. The van der Waals surface area contributed by atoms with Crippen molar-refractivity contribution in [3.8, 4) is 0 Å². The van der Waals surface area contributed by atoms with Crippen molar-refractivity contribution in [2.45, 2.75) is 26.4 Å². The van der Waals surface area contributed by atoms with E-state index in [-0.39, 0.29) is 16.2 Å². The number of amides is 1. The molecule has 0 saturated carbocycles. The molecule has 0 aliphatic carbocycles. The Bertz CT molecular complexity index is 701. The van der Waals surface area contributed by atoms with E-state index in [4.69, 9.17) is 0 Å². The highest BCUT2D eigenvalue weighted by molar-refractivity contribution is 9.10. The van der Waals surface area contributed by atoms with Crippen LogP contribution in [0.2, 0.25) is 0 Å². The van der Waals surface area contributed by atoms with Gasteiger partial charge in [-0.2, -0.15) is 4.68 Å². The van der Waals surface area contributed by atoms with Crippen molar-refractivity contribution in [1.82, 2.24) is 20.1 Å². The van der Waals surface area contributed by atoms with E-state index in [0.29, 0.717) is 12.2 Å². The highest BCUT2D eigenvalue weighted by atomic mass is 79.9. The molecule has 2 rings (SSSR count). The topological polar surface area (TPSA) is 103 Å². The van der Waals surface area contributed by atoms with Crippen LogP contribution in [0.5, 0.6) is 0 Å². The first-order valence-electron chi connectivity index (χ1n) is 6.47. The van der Waals surface area contributed by atoms with E-state index < -0.39 is 11.0 Å². The number of hydrogen-bond acceptors (Lipinski definition) is 5.